The van der Waals surface area contributed by atoms with Crippen LogP contribution in [0.3, 0.4) is 0 Å². The maximum atomic E-state index is 13.4. The van der Waals surface area contributed by atoms with E-state index in [2.05, 4.69) is 10.5 Å². The van der Waals surface area contributed by atoms with Crippen LogP contribution in [0, 0.1) is 18.6 Å². The van der Waals surface area contributed by atoms with Crippen molar-refractivity contribution in [3.63, 3.8) is 0 Å². The molecule has 7 heteroatoms. The van der Waals surface area contributed by atoms with Crippen molar-refractivity contribution in [2.24, 2.45) is 0 Å². The number of aliphatic hydroxyl groups excluding tert-OH is 1. The van der Waals surface area contributed by atoms with E-state index >= 15 is 0 Å². The number of amides is 1. The highest BCUT2D eigenvalue weighted by molar-refractivity contribution is 5.92. The standard InChI is InChI=1S/C14H14F2N2O3/c1-8-4-13(18-21-8)14(20)17-7-11(19)5-9-2-3-10(15)6-12(9)16/h2-4,6,11,19H,5,7H2,1H3,(H,17,20). The second-order valence-electron chi connectivity index (χ2n) is 4.63. The molecular formula is C14H14F2N2O3. The molecule has 1 aromatic carbocycles. The molecule has 2 N–H and O–H groups in total. The molecule has 0 radical (unpaired) electrons. The third kappa shape index (κ3) is 4.09. The topological polar surface area (TPSA) is 75.4 Å². The fourth-order valence-corrected chi connectivity index (χ4v) is 1.79. The first-order valence-corrected chi connectivity index (χ1v) is 6.29. The van der Waals surface area contributed by atoms with Crippen LogP contribution in [0.5, 0.6) is 0 Å². The van der Waals surface area contributed by atoms with Crippen molar-refractivity contribution in [1.82, 2.24) is 10.5 Å². The Bertz CT molecular complexity index is 643. The quantitative estimate of drug-likeness (QED) is 0.878. The molecule has 0 aliphatic carbocycles. The SMILES string of the molecule is Cc1cc(C(=O)NCC(O)Cc2ccc(F)cc2F)no1. The molecule has 2 aromatic rings. The highest BCUT2D eigenvalue weighted by Gasteiger charge is 2.14. The third-order valence-corrected chi connectivity index (χ3v) is 2.83. The Morgan fingerprint density at radius 3 is 2.81 bits per heavy atom. The zero-order chi connectivity index (χ0) is 15.4. The molecule has 0 spiro atoms. The zero-order valence-electron chi connectivity index (χ0n) is 11.3. The second kappa shape index (κ2) is 6.45. The molecule has 1 amide bonds. The van der Waals surface area contributed by atoms with E-state index in [1.165, 1.54) is 12.1 Å². The Morgan fingerprint density at radius 2 is 2.19 bits per heavy atom. The van der Waals surface area contributed by atoms with Gasteiger partial charge in [0.2, 0.25) is 0 Å². The number of carbonyl (C=O) groups excluding carboxylic acids is 1. The number of halogens is 2. The molecule has 112 valence electrons. The second-order valence-corrected chi connectivity index (χ2v) is 4.63. The van der Waals surface area contributed by atoms with E-state index in [0.29, 0.717) is 5.76 Å². The molecule has 0 aliphatic rings. The smallest absolute Gasteiger partial charge is 0.273 e. The minimum atomic E-state index is -0.998. The van der Waals surface area contributed by atoms with Gasteiger partial charge in [-0.3, -0.25) is 4.79 Å². The van der Waals surface area contributed by atoms with Crippen LogP contribution in [-0.2, 0) is 6.42 Å². The van der Waals surface area contributed by atoms with Gasteiger partial charge in [0.15, 0.2) is 5.69 Å². The van der Waals surface area contributed by atoms with Crippen LogP contribution in [0.15, 0.2) is 28.8 Å². The highest BCUT2D eigenvalue weighted by atomic mass is 19.1. The Labute approximate surface area is 119 Å². The number of aryl methyl sites for hydroxylation is 1. The van der Waals surface area contributed by atoms with Gasteiger partial charge < -0.3 is 14.9 Å². The zero-order valence-corrected chi connectivity index (χ0v) is 11.3. The van der Waals surface area contributed by atoms with E-state index in [0.717, 1.165) is 12.1 Å². The van der Waals surface area contributed by atoms with Gasteiger partial charge >= 0.3 is 0 Å². The first-order chi connectivity index (χ1) is 9.95. The van der Waals surface area contributed by atoms with Gasteiger partial charge in [-0.2, -0.15) is 0 Å². The molecule has 5 nitrogen and oxygen atoms in total. The van der Waals surface area contributed by atoms with Crippen LogP contribution in [-0.4, -0.2) is 28.8 Å². The molecule has 2 rings (SSSR count). The van der Waals surface area contributed by atoms with E-state index < -0.39 is 23.6 Å². The Balaban J connectivity index is 1.87. The van der Waals surface area contributed by atoms with Crippen molar-refractivity contribution in [2.45, 2.75) is 19.4 Å². The largest absolute Gasteiger partial charge is 0.391 e. The lowest BCUT2D eigenvalue weighted by Gasteiger charge is -2.11. The average molecular weight is 296 g/mol. The van der Waals surface area contributed by atoms with Crippen molar-refractivity contribution >= 4 is 5.91 Å². The van der Waals surface area contributed by atoms with Crippen LogP contribution in [0.1, 0.15) is 21.8 Å². The van der Waals surface area contributed by atoms with Crippen LogP contribution in [0.25, 0.3) is 0 Å². The number of rotatable bonds is 5. The highest BCUT2D eigenvalue weighted by Crippen LogP contribution is 2.11. The van der Waals surface area contributed by atoms with Crippen LogP contribution >= 0.6 is 0 Å². The summed E-state index contributed by atoms with van der Waals surface area (Å²) in [5.41, 5.74) is 0.281. The minimum Gasteiger partial charge on any atom is -0.391 e. The van der Waals surface area contributed by atoms with E-state index in [-0.39, 0.29) is 24.2 Å². The van der Waals surface area contributed by atoms with Gasteiger partial charge in [-0.15, -0.1) is 0 Å². The van der Waals surface area contributed by atoms with Crippen molar-refractivity contribution in [3.05, 3.63) is 52.9 Å². The third-order valence-electron chi connectivity index (χ3n) is 2.83. The number of nitrogens with one attached hydrogen (secondary N) is 1. The van der Waals surface area contributed by atoms with Crippen molar-refractivity contribution < 1.29 is 23.2 Å². The average Bonchev–Trinajstić information content (AvgIpc) is 2.86. The van der Waals surface area contributed by atoms with Crippen LogP contribution < -0.4 is 5.32 Å². The summed E-state index contributed by atoms with van der Waals surface area (Å²) in [6.07, 6.45) is -1.04. The number of hydrogen-bond acceptors (Lipinski definition) is 4. The number of aliphatic hydroxyl groups is 1. The molecule has 0 bridgehead atoms. The lowest BCUT2D eigenvalue weighted by molar-refractivity contribution is 0.0906. The summed E-state index contributed by atoms with van der Waals surface area (Å²) in [6, 6.07) is 4.58. The van der Waals surface area contributed by atoms with Gasteiger partial charge in [-0.05, 0) is 18.6 Å². The molecule has 0 saturated heterocycles. The molecule has 0 aliphatic heterocycles. The lowest BCUT2D eigenvalue weighted by Crippen LogP contribution is -2.33. The van der Waals surface area contributed by atoms with Gasteiger partial charge in [-0.1, -0.05) is 11.2 Å². The summed E-state index contributed by atoms with van der Waals surface area (Å²) in [6.45, 7) is 1.57. The van der Waals surface area contributed by atoms with Crippen molar-refractivity contribution in [2.75, 3.05) is 6.54 Å². The summed E-state index contributed by atoms with van der Waals surface area (Å²) in [5.74, 6) is -1.41. The number of aromatic nitrogens is 1. The Hall–Kier alpha value is -2.28. The number of benzene rings is 1. The summed E-state index contributed by atoms with van der Waals surface area (Å²) < 4.78 is 30.9. The first kappa shape index (κ1) is 15.1. The van der Waals surface area contributed by atoms with Gasteiger partial charge in [0.1, 0.15) is 17.4 Å². The molecular weight excluding hydrogens is 282 g/mol. The minimum absolute atomic E-state index is 0.0375. The fourth-order valence-electron chi connectivity index (χ4n) is 1.79. The maximum Gasteiger partial charge on any atom is 0.273 e. The number of hydrogen-bond donors (Lipinski definition) is 2. The summed E-state index contributed by atoms with van der Waals surface area (Å²) >= 11 is 0. The summed E-state index contributed by atoms with van der Waals surface area (Å²) in [4.78, 5) is 11.7. The van der Waals surface area contributed by atoms with E-state index in [9.17, 15) is 18.7 Å². The Morgan fingerprint density at radius 1 is 1.43 bits per heavy atom. The number of carbonyl (C=O) groups is 1. The van der Waals surface area contributed by atoms with Gasteiger partial charge in [0.05, 0.1) is 6.10 Å². The maximum absolute atomic E-state index is 13.4. The predicted molar refractivity (Wildman–Crippen MR) is 69.6 cm³/mol. The van der Waals surface area contributed by atoms with Gasteiger partial charge in [0.25, 0.3) is 5.91 Å². The lowest BCUT2D eigenvalue weighted by atomic mass is 10.1. The van der Waals surface area contributed by atoms with Crippen LogP contribution in [0.4, 0.5) is 8.78 Å². The predicted octanol–water partition coefficient (Wildman–Crippen LogP) is 1.59. The van der Waals surface area contributed by atoms with Crippen LogP contribution in [0.2, 0.25) is 0 Å². The first-order valence-electron chi connectivity index (χ1n) is 6.29. The molecule has 0 fully saturated rings. The van der Waals surface area contributed by atoms with Crippen molar-refractivity contribution in [1.29, 1.82) is 0 Å². The molecule has 0 saturated carbocycles. The molecule has 1 atom stereocenters. The molecule has 1 aromatic heterocycles. The molecule has 1 heterocycles. The normalized spacial score (nSPS) is 12.2. The number of nitrogens with zero attached hydrogens (tertiary/aromatic N) is 1. The van der Waals surface area contributed by atoms with E-state index in [1.54, 1.807) is 6.92 Å². The summed E-state index contributed by atoms with van der Waals surface area (Å²) in [7, 11) is 0. The summed E-state index contributed by atoms with van der Waals surface area (Å²) in [5, 5.41) is 15.8. The van der Waals surface area contributed by atoms with E-state index in [4.69, 9.17) is 4.52 Å². The van der Waals surface area contributed by atoms with Gasteiger partial charge in [-0.25, -0.2) is 8.78 Å². The monoisotopic (exact) mass is 296 g/mol. The Kier molecular flexibility index (Phi) is 4.64. The van der Waals surface area contributed by atoms with E-state index in [1.807, 2.05) is 0 Å². The molecule has 1 unspecified atom stereocenters. The fraction of sp³-hybridized carbons (Fsp3) is 0.286. The molecule has 21 heavy (non-hydrogen) atoms. The van der Waals surface area contributed by atoms with Gasteiger partial charge in [0, 0.05) is 25.1 Å². The van der Waals surface area contributed by atoms with Crippen molar-refractivity contribution in [3.8, 4) is 0 Å².